The molecule has 0 aliphatic carbocycles. The molecule has 0 fully saturated rings. The lowest BCUT2D eigenvalue weighted by Gasteiger charge is -2.14. The average Bonchev–Trinajstić information content (AvgIpc) is 2.58. The molecule has 2 aromatic carbocycles. The van der Waals surface area contributed by atoms with E-state index in [0.29, 0.717) is 34.4 Å². The summed E-state index contributed by atoms with van der Waals surface area (Å²) >= 11 is 6.09. The van der Waals surface area contributed by atoms with Gasteiger partial charge in [0.05, 0.1) is 21.3 Å². The van der Waals surface area contributed by atoms with Gasteiger partial charge in [-0.15, -0.1) is 0 Å². The van der Waals surface area contributed by atoms with Crippen LogP contribution in [-0.2, 0) is 6.54 Å². The molecule has 1 amide bonds. The number of aryl methyl sites for hydroxylation is 1. The Hall–Kier alpha value is -2.40. The van der Waals surface area contributed by atoms with E-state index in [1.54, 1.807) is 38.5 Å². The summed E-state index contributed by atoms with van der Waals surface area (Å²) in [6, 6.07) is 8.60. The molecule has 0 radical (unpaired) electrons. The highest BCUT2D eigenvalue weighted by molar-refractivity contribution is 6.30. The molecule has 0 aromatic heterocycles. The molecule has 0 bridgehead atoms. The highest BCUT2D eigenvalue weighted by Crippen LogP contribution is 2.29. The van der Waals surface area contributed by atoms with Crippen LogP contribution in [0, 0.1) is 6.92 Å². The highest BCUT2D eigenvalue weighted by atomic mass is 35.5. The van der Waals surface area contributed by atoms with Crippen molar-refractivity contribution in [2.24, 2.45) is 0 Å². The van der Waals surface area contributed by atoms with Gasteiger partial charge in [-0.2, -0.15) is 0 Å². The van der Waals surface area contributed by atoms with E-state index in [2.05, 4.69) is 5.32 Å². The van der Waals surface area contributed by atoms with Crippen molar-refractivity contribution in [3.63, 3.8) is 0 Å². The molecule has 2 aromatic rings. The van der Waals surface area contributed by atoms with Crippen molar-refractivity contribution in [3.8, 4) is 17.2 Å². The van der Waals surface area contributed by atoms with E-state index >= 15 is 0 Å². The third-order valence-corrected chi connectivity index (χ3v) is 3.82. The molecule has 0 aliphatic rings. The van der Waals surface area contributed by atoms with Gasteiger partial charge in [-0.1, -0.05) is 11.6 Å². The molecule has 0 atom stereocenters. The van der Waals surface area contributed by atoms with Crippen LogP contribution < -0.4 is 19.5 Å². The second-order valence-corrected chi connectivity index (χ2v) is 5.60. The van der Waals surface area contributed by atoms with Crippen LogP contribution in [0.1, 0.15) is 21.5 Å². The van der Waals surface area contributed by atoms with E-state index in [-0.39, 0.29) is 5.91 Å². The first-order valence-corrected chi connectivity index (χ1v) is 7.71. The van der Waals surface area contributed by atoms with Gasteiger partial charge < -0.3 is 19.5 Å². The Bertz CT molecular complexity index is 746. The third kappa shape index (κ3) is 3.92. The number of carbonyl (C=O) groups excluding carboxylic acids is 1. The zero-order valence-corrected chi connectivity index (χ0v) is 14.9. The average molecular weight is 350 g/mol. The van der Waals surface area contributed by atoms with Crippen LogP contribution in [0.25, 0.3) is 0 Å². The number of carbonyl (C=O) groups is 1. The molecule has 0 saturated heterocycles. The number of halogens is 1. The summed E-state index contributed by atoms with van der Waals surface area (Å²) in [6.45, 7) is 2.21. The van der Waals surface area contributed by atoms with Gasteiger partial charge in [0.15, 0.2) is 11.5 Å². The summed E-state index contributed by atoms with van der Waals surface area (Å²) < 4.78 is 15.8. The van der Waals surface area contributed by atoms with Crippen LogP contribution >= 0.6 is 11.6 Å². The predicted octanol–water partition coefficient (Wildman–Crippen LogP) is 3.60. The molecule has 24 heavy (non-hydrogen) atoms. The van der Waals surface area contributed by atoms with Gasteiger partial charge in [0.2, 0.25) is 0 Å². The zero-order valence-electron chi connectivity index (χ0n) is 14.1. The molecular weight excluding hydrogens is 330 g/mol. The Kier molecular flexibility index (Phi) is 5.93. The van der Waals surface area contributed by atoms with Gasteiger partial charge in [0.25, 0.3) is 5.91 Å². The van der Waals surface area contributed by atoms with E-state index in [9.17, 15) is 4.79 Å². The summed E-state index contributed by atoms with van der Waals surface area (Å²) in [5.74, 6) is 1.56. The zero-order chi connectivity index (χ0) is 17.7. The lowest BCUT2D eigenvalue weighted by atomic mass is 10.1. The molecular formula is C18H20ClNO4. The standard InChI is InChI=1S/C18H20ClNO4/c1-11-7-14(19)8-13(17(11)24-4)10-20-18(21)12-5-6-15(22-2)16(9-12)23-3/h5-9H,10H2,1-4H3,(H,20,21). The van der Waals surface area contributed by atoms with E-state index in [1.807, 2.05) is 13.0 Å². The largest absolute Gasteiger partial charge is 0.496 e. The summed E-state index contributed by atoms with van der Waals surface area (Å²) in [5, 5.41) is 3.46. The fraction of sp³-hybridized carbons (Fsp3) is 0.278. The van der Waals surface area contributed by atoms with Crippen LogP contribution in [-0.4, -0.2) is 27.2 Å². The minimum atomic E-state index is -0.226. The van der Waals surface area contributed by atoms with Gasteiger partial charge >= 0.3 is 0 Å². The van der Waals surface area contributed by atoms with E-state index in [4.69, 9.17) is 25.8 Å². The van der Waals surface area contributed by atoms with Crippen molar-refractivity contribution in [2.45, 2.75) is 13.5 Å². The van der Waals surface area contributed by atoms with Crippen molar-refractivity contribution in [1.82, 2.24) is 5.32 Å². The Morgan fingerprint density at radius 1 is 1.04 bits per heavy atom. The Morgan fingerprint density at radius 2 is 1.75 bits per heavy atom. The molecule has 1 N–H and O–H groups in total. The minimum Gasteiger partial charge on any atom is -0.496 e. The van der Waals surface area contributed by atoms with Crippen LogP contribution in [0.4, 0.5) is 0 Å². The van der Waals surface area contributed by atoms with Crippen molar-refractivity contribution < 1.29 is 19.0 Å². The molecule has 2 rings (SSSR count). The SMILES string of the molecule is COc1ccc(C(=O)NCc2cc(Cl)cc(C)c2OC)cc1OC. The molecule has 0 spiro atoms. The molecule has 0 unspecified atom stereocenters. The molecule has 6 heteroatoms. The predicted molar refractivity (Wildman–Crippen MR) is 93.5 cm³/mol. The highest BCUT2D eigenvalue weighted by Gasteiger charge is 2.13. The number of hydrogen-bond acceptors (Lipinski definition) is 4. The fourth-order valence-corrected chi connectivity index (χ4v) is 2.77. The van der Waals surface area contributed by atoms with E-state index in [0.717, 1.165) is 11.1 Å². The lowest BCUT2D eigenvalue weighted by molar-refractivity contribution is 0.0950. The van der Waals surface area contributed by atoms with Crippen LogP contribution in [0.15, 0.2) is 30.3 Å². The second kappa shape index (κ2) is 7.93. The smallest absolute Gasteiger partial charge is 0.251 e. The van der Waals surface area contributed by atoms with Crippen molar-refractivity contribution in [2.75, 3.05) is 21.3 Å². The molecule has 5 nitrogen and oxygen atoms in total. The van der Waals surface area contributed by atoms with Gasteiger partial charge in [-0.25, -0.2) is 0 Å². The maximum atomic E-state index is 12.4. The van der Waals surface area contributed by atoms with E-state index < -0.39 is 0 Å². The van der Waals surface area contributed by atoms with Crippen molar-refractivity contribution in [1.29, 1.82) is 0 Å². The monoisotopic (exact) mass is 349 g/mol. The normalized spacial score (nSPS) is 10.2. The summed E-state index contributed by atoms with van der Waals surface area (Å²) in [7, 11) is 4.67. The number of methoxy groups -OCH3 is 3. The van der Waals surface area contributed by atoms with Gasteiger partial charge in [-0.3, -0.25) is 4.79 Å². The maximum Gasteiger partial charge on any atom is 0.251 e. The molecule has 0 aliphatic heterocycles. The summed E-state index contributed by atoms with van der Waals surface area (Å²) in [4.78, 5) is 12.4. The number of nitrogens with one attached hydrogen (secondary N) is 1. The fourth-order valence-electron chi connectivity index (χ4n) is 2.48. The number of hydrogen-bond donors (Lipinski definition) is 1. The number of benzene rings is 2. The third-order valence-electron chi connectivity index (χ3n) is 3.61. The molecule has 128 valence electrons. The number of amides is 1. The van der Waals surface area contributed by atoms with Crippen molar-refractivity contribution >= 4 is 17.5 Å². The number of ether oxygens (including phenoxy) is 3. The van der Waals surface area contributed by atoms with Crippen molar-refractivity contribution in [3.05, 3.63) is 52.0 Å². The second-order valence-electron chi connectivity index (χ2n) is 5.17. The Morgan fingerprint density at radius 3 is 2.38 bits per heavy atom. The minimum absolute atomic E-state index is 0.226. The van der Waals surface area contributed by atoms with Gasteiger partial charge in [0, 0.05) is 22.7 Å². The topological polar surface area (TPSA) is 56.8 Å². The van der Waals surface area contributed by atoms with Gasteiger partial charge in [-0.05, 0) is 42.8 Å². The molecule has 0 saturated carbocycles. The Balaban J connectivity index is 2.17. The first kappa shape index (κ1) is 17.9. The molecule has 0 heterocycles. The number of rotatable bonds is 6. The first-order chi connectivity index (χ1) is 11.5. The van der Waals surface area contributed by atoms with Crippen LogP contribution in [0.3, 0.4) is 0 Å². The van der Waals surface area contributed by atoms with E-state index in [1.165, 1.54) is 7.11 Å². The summed E-state index contributed by atoms with van der Waals surface area (Å²) in [6.07, 6.45) is 0. The lowest BCUT2D eigenvalue weighted by Crippen LogP contribution is -2.23. The summed E-state index contributed by atoms with van der Waals surface area (Å²) in [5.41, 5.74) is 2.21. The quantitative estimate of drug-likeness (QED) is 0.865. The maximum absolute atomic E-state index is 12.4. The van der Waals surface area contributed by atoms with Gasteiger partial charge in [0.1, 0.15) is 5.75 Å². The van der Waals surface area contributed by atoms with Crippen LogP contribution in [0.2, 0.25) is 5.02 Å². The van der Waals surface area contributed by atoms with Crippen LogP contribution in [0.5, 0.6) is 17.2 Å². The Labute approximate surface area is 146 Å². The first-order valence-electron chi connectivity index (χ1n) is 7.33.